The fourth-order valence-corrected chi connectivity index (χ4v) is 2.51. The van der Waals surface area contributed by atoms with Gasteiger partial charge in [0.2, 0.25) is 5.91 Å². The van der Waals surface area contributed by atoms with E-state index < -0.39 is 0 Å². The molecule has 2 rings (SSSR count). The van der Waals surface area contributed by atoms with Gasteiger partial charge in [-0.25, -0.2) is 0 Å². The van der Waals surface area contributed by atoms with E-state index in [1.54, 1.807) is 0 Å². The number of piperazine rings is 1. The van der Waals surface area contributed by atoms with Gasteiger partial charge in [0.25, 0.3) is 0 Å². The summed E-state index contributed by atoms with van der Waals surface area (Å²) in [4.78, 5) is 16.4. The minimum absolute atomic E-state index is 0.279. The summed E-state index contributed by atoms with van der Waals surface area (Å²) in [6.07, 6.45) is 1.73. The zero-order chi connectivity index (χ0) is 14.2. The molecule has 0 spiro atoms. The summed E-state index contributed by atoms with van der Waals surface area (Å²) in [6.45, 7) is 7.46. The maximum atomic E-state index is 12.1. The molecule has 1 aromatic carbocycles. The van der Waals surface area contributed by atoms with Crippen molar-refractivity contribution in [2.24, 2.45) is 0 Å². The minimum atomic E-state index is 0.279. The molecule has 1 fully saturated rings. The number of hydrogen-bond donors (Lipinski definition) is 1. The normalized spacial score (nSPS) is 15.4. The van der Waals surface area contributed by atoms with Gasteiger partial charge >= 0.3 is 0 Å². The maximum absolute atomic E-state index is 12.1. The van der Waals surface area contributed by atoms with Crippen LogP contribution in [0.25, 0.3) is 0 Å². The molecule has 0 unspecified atom stereocenters. The molecule has 1 saturated heterocycles. The van der Waals surface area contributed by atoms with Crippen molar-refractivity contribution in [2.45, 2.75) is 19.8 Å². The van der Waals surface area contributed by atoms with Gasteiger partial charge in [-0.2, -0.15) is 0 Å². The van der Waals surface area contributed by atoms with E-state index in [0.717, 1.165) is 45.7 Å². The number of rotatable bonds is 6. The fourth-order valence-electron chi connectivity index (χ4n) is 2.51. The predicted molar refractivity (Wildman–Crippen MR) is 83.0 cm³/mol. The van der Waals surface area contributed by atoms with Gasteiger partial charge in [0, 0.05) is 44.8 Å². The first kappa shape index (κ1) is 14.9. The lowest BCUT2D eigenvalue weighted by Gasteiger charge is -2.36. The van der Waals surface area contributed by atoms with Crippen LogP contribution in [0.4, 0.5) is 5.69 Å². The number of hydrogen-bond acceptors (Lipinski definition) is 3. The molecule has 1 aliphatic heterocycles. The van der Waals surface area contributed by atoms with Crippen molar-refractivity contribution in [3.05, 3.63) is 30.3 Å². The summed E-state index contributed by atoms with van der Waals surface area (Å²) in [5, 5.41) is 3.28. The lowest BCUT2D eigenvalue weighted by atomic mass is 10.2. The SMILES string of the molecule is CCCNCCC(=O)N1CCN(c2ccccc2)CC1. The third kappa shape index (κ3) is 4.23. The number of para-hydroxylation sites is 1. The summed E-state index contributed by atoms with van der Waals surface area (Å²) in [5.41, 5.74) is 1.25. The van der Waals surface area contributed by atoms with Crippen LogP contribution in [0, 0.1) is 0 Å². The molecule has 4 nitrogen and oxygen atoms in total. The average Bonchev–Trinajstić information content (AvgIpc) is 2.52. The third-order valence-corrected chi connectivity index (χ3v) is 3.70. The highest BCUT2D eigenvalue weighted by atomic mass is 16.2. The summed E-state index contributed by atoms with van der Waals surface area (Å²) in [5.74, 6) is 0.279. The number of nitrogens with one attached hydrogen (secondary N) is 1. The van der Waals surface area contributed by atoms with E-state index in [4.69, 9.17) is 0 Å². The highest BCUT2D eigenvalue weighted by Crippen LogP contribution is 2.15. The van der Waals surface area contributed by atoms with E-state index in [0.29, 0.717) is 6.42 Å². The van der Waals surface area contributed by atoms with Gasteiger partial charge in [-0.15, -0.1) is 0 Å². The second-order valence-electron chi connectivity index (χ2n) is 5.20. The molecule has 0 aliphatic carbocycles. The van der Waals surface area contributed by atoms with E-state index in [1.165, 1.54) is 5.69 Å². The van der Waals surface area contributed by atoms with E-state index in [-0.39, 0.29) is 5.91 Å². The molecular formula is C16H25N3O. The van der Waals surface area contributed by atoms with Gasteiger partial charge < -0.3 is 15.1 Å². The highest BCUT2D eigenvalue weighted by molar-refractivity contribution is 5.76. The van der Waals surface area contributed by atoms with Crippen LogP contribution in [-0.2, 0) is 4.79 Å². The molecule has 1 N–H and O–H groups in total. The Labute approximate surface area is 121 Å². The molecule has 1 aliphatic rings. The number of nitrogens with zero attached hydrogens (tertiary/aromatic N) is 2. The van der Waals surface area contributed by atoms with Crippen molar-refractivity contribution in [3.63, 3.8) is 0 Å². The zero-order valence-electron chi connectivity index (χ0n) is 12.3. The topological polar surface area (TPSA) is 35.6 Å². The Bertz CT molecular complexity index is 399. The Morgan fingerprint density at radius 3 is 2.45 bits per heavy atom. The smallest absolute Gasteiger partial charge is 0.223 e. The molecular weight excluding hydrogens is 250 g/mol. The van der Waals surface area contributed by atoms with Crippen LogP contribution in [0.15, 0.2) is 30.3 Å². The fraction of sp³-hybridized carbons (Fsp3) is 0.562. The van der Waals surface area contributed by atoms with Crippen LogP contribution in [0.2, 0.25) is 0 Å². The van der Waals surface area contributed by atoms with Crippen LogP contribution >= 0.6 is 0 Å². The Kier molecular flexibility index (Phi) is 5.87. The summed E-state index contributed by atoms with van der Waals surface area (Å²) in [6, 6.07) is 10.4. The van der Waals surface area contributed by atoms with Gasteiger partial charge in [0.15, 0.2) is 0 Å². The van der Waals surface area contributed by atoms with Gasteiger partial charge in [-0.1, -0.05) is 25.1 Å². The van der Waals surface area contributed by atoms with Crippen LogP contribution < -0.4 is 10.2 Å². The summed E-state index contributed by atoms with van der Waals surface area (Å²) < 4.78 is 0. The second kappa shape index (κ2) is 7.90. The van der Waals surface area contributed by atoms with Crippen LogP contribution in [0.3, 0.4) is 0 Å². The van der Waals surface area contributed by atoms with Crippen molar-refractivity contribution < 1.29 is 4.79 Å². The molecule has 1 aromatic rings. The average molecular weight is 275 g/mol. The lowest BCUT2D eigenvalue weighted by molar-refractivity contribution is -0.131. The third-order valence-electron chi connectivity index (χ3n) is 3.70. The van der Waals surface area contributed by atoms with Gasteiger partial charge in [0.05, 0.1) is 0 Å². The molecule has 0 aromatic heterocycles. The monoisotopic (exact) mass is 275 g/mol. The van der Waals surface area contributed by atoms with E-state index in [2.05, 4.69) is 41.4 Å². The second-order valence-corrected chi connectivity index (χ2v) is 5.20. The highest BCUT2D eigenvalue weighted by Gasteiger charge is 2.20. The summed E-state index contributed by atoms with van der Waals surface area (Å²) >= 11 is 0. The van der Waals surface area contributed by atoms with E-state index in [1.807, 2.05) is 11.0 Å². The van der Waals surface area contributed by atoms with Crippen LogP contribution in [-0.4, -0.2) is 50.1 Å². The van der Waals surface area contributed by atoms with E-state index >= 15 is 0 Å². The Balaban J connectivity index is 1.72. The molecule has 0 radical (unpaired) electrons. The van der Waals surface area contributed by atoms with E-state index in [9.17, 15) is 4.79 Å². The Morgan fingerprint density at radius 2 is 1.80 bits per heavy atom. The quantitative estimate of drug-likeness (QED) is 0.803. The largest absolute Gasteiger partial charge is 0.368 e. The first-order valence-corrected chi connectivity index (χ1v) is 7.59. The first-order chi connectivity index (χ1) is 9.81. The number of anilines is 1. The van der Waals surface area contributed by atoms with Crippen LogP contribution in [0.1, 0.15) is 19.8 Å². The van der Waals surface area contributed by atoms with Crippen molar-refractivity contribution in [2.75, 3.05) is 44.2 Å². The molecule has 4 heteroatoms. The molecule has 110 valence electrons. The van der Waals surface area contributed by atoms with Crippen molar-refractivity contribution in [1.82, 2.24) is 10.2 Å². The summed E-state index contributed by atoms with van der Waals surface area (Å²) in [7, 11) is 0. The van der Waals surface area contributed by atoms with Crippen molar-refractivity contribution in [1.29, 1.82) is 0 Å². The lowest BCUT2D eigenvalue weighted by Crippen LogP contribution is -2.49. The molecule has 0 bridgehead atoms. The molecule has 1 amide bonds. The molecule has 1 heterocycles. The number of carbonyl (C=O) groups is 1. The standard InChI is InChI=1S/C16H25N3O/c1-2-9-17-10-8-16(20)19-13-11-18(12-14-19)15-6-4-3-5-7-15/h3-7,17H,2,8-14H2,1H3. The van der Waals surface area contributed by atoms with Gasteiger partial charge in [-0.05, 0) is 25.1 Å². The number of amides is 1. The van der Waals surface area contributed by atoms with Crippen LogP contribution in [0.5, 0.6) is 0 Å². The molecule has 0 saturated carbocycles. The zero-order valence-corrected chi connectivity index (χ0v) is 12.3. The minimum Gasteiger partial charge on any atom is -0.368 e. The first-order valence-electron chi connectivity index (χ1n) is 7.59. The van der Waals surface area contributed by atoms with Crippen molar-refractivity contribution in [3.8, 4) is 0 Å². The maximum Gasteiger partial charge on any atom is 0.223 e. The van der Waals surface area contributed by atoms with Gasteiger partial charge in [0.1, 0.15) is 0 Å². The van der Waals surface area contributed by atoms with Gasteiger partial charge in [-0.3, -0.25) is 4.79 Å². The Hall–Kier alpha value is -1.55. The Morgan fingerprint density at radius 1 is 1.10 bits per heavy atom. The predicted octanol–water partition coefficient (Wildman–Crippen LogP) is 1.72. The molecule has 0 atom stereocenters. The molecule has 20 heavy (non-hydrogen) atoms. The van der Waals surface area contributed by atoms with Crippen molar-refractivity contribution >= 4 is 11.6 Å². The number of benzene rings is 1. The number of carbonyl (C=O) groups excluding carboxylic acids is 1.